The maximum atomic E-state index is 5.64. The topological polar surface area (TPSA) is 46.2 Å². The molecule has 2 rings (SSSR count). The molecule has 2 aliphatic heterocycles. The van der Waals surface area contributed by atoms with Crippen LogP contribution in [0.4, 0.5) is 0 Å². The summed E-state index contributed by atoms with van der Waals surface area (Å²) in [6, 6.07) is 0. The van der Waals surface area contributed by atoms with Gasteiger partial charge in [-0.25, -0.2) is 0 Å². The average molecular weight is 242 g/mol. The van der Waals surface area contributed by atoms with Gasteiger partial charge in [0.1, 0.15) is 0 Å². The molecule has 0 amide bonds. The first-order valence-corrected chi connectivity index (χ1v) is 6.11. The summed E-state index contributed by atoms with van der Waals surface area (Å²) in [6.07, 6.45) is 1.70. The average Bonchev–Trinajstić information content (AvgIpc) is 2.13. The van der Waals surface area contributed by atoms with E-state index in [1.165, 1.54) is 0 Å². The van der Waals surface area contributed by atoms with Crippen LogP contribution in [0.1, 0.15) is 40.5 Å². The molecule has 7 heteroatoms. The summed E-state index contributed by atoms with van der Waals surface area (Å²) in [4.78, 5) is 0. The van der Waals surface area contributed by atoms with Crippen molar-refractivity contribution in [2.75, 3.05) is 13.2 Å². The van der Waals surface area contributed by atoms with Crippen molar-refractivity contribution < 1.29 is 23.2 Å². The molecule has 17 heavy (non-hydrogen) atoms. The Morgan fingerprint density at radius 2 is 1.24 bits per heavy atom. The van der Waals surface area contributed by atoms with Crippen LogP contribution in [0.25, 0.3) is 0 Å². The fourth-order valence-electron chi connectivity index (χ4n) is 1.73. The van der Waals surface area contributed by atoms with Gasteiger partial charge in [0, 0.05) is 13.2 Å². The minimum Gasteiger partial charge on any atom is -0.399 e. The van der Waals surface area contributed by atoms with Gasteiger partial charge in [-0.3, -0.25) is 0 Å². The summed E-state index contributed by atoms with van der Waals surface area (Å²) in [5.41, 5.74) is -0.458. The Hall–Kier alpha value is -0.0701. The number of hydrogen-bond donors (Lipinski definition) is 0. The molecular formula is C10H20B2O5. The summed E-state index contributed by atoms with van der Waals surface area (Å²) in [5, 5.41) is 0. The molecule has 0 bridgehead atoms. The lowest BCUT2D eigenvalue weighted by Crippen LogP contribution is -2.51. The second-order valence-electron chi connectivity index (χ2n) is 5.71. The van der Waals surface area contributed by atoms with Crippen LogP contribution in [0.3, 0.4) is 0 Å². The third kappa shape index (κ3) is 3.96. The van der Waals surface area contributed by atoms with Gasteiger partial charge >= 0.3 is 14.6 Å². The normalized spacial score (nSPS) is 28.2. The molecule has 96 valence electrons. The molecule has 2 saturated heterocycles. The highest BCUT2D eigenvalue weighted by Gasteiger charge is 2.43. The first-order chi connectivity index (χ1) is 7.86. The van der Waals surface area contributed by atoms with E-state index in [0.717, 1.165) is 12.8 Å². The molecule has 0 spiro atoms. The maximum Gasteiger partial charge on any atom is 0.627 e. The third-order valence-electron chi connectivity index (χ3n) is 2.97. The van der Waals surface area contributed by atoms with Gasteiger partial charge in [0.15, 0.2) is 0 Å². The van der Waals surface area contributed by atoms with Gasteiger partial charge in [0.25, 0.3) is 0 Å². The molecule has 0 saturated carbocycles. The maximum absolute atomic E-state index is 5.64. The van der Waals surface area contributed by atoms with E-state index in [4.69, 9.17) is 23.2 Å². The van der Waals surface area contributed by atoms with E-state index >= 15 is 0 Å². The van der Waals surface area contributed by atoms with Crippen LogP contribution in [-0.4, -0.2) is 39.1 Å². The first-order valence-electron chi connectivity index (χ1n) is 6.11. The zero-order valence-electron chi connectivity index (χ0n) is 11.0. The van der Waals surface area contributed by atoms with Crippen molar-refractivity contribution in [3.05, 3.63) is 0 Å². The third-order valence-corrected chi connectivity index (χ3v) is 2.97. The van der Waals surface area contributed by atoms with Gasteiger partial charge in [-0.15, -0.1) is 0 Å². The fourth-order valence-corrected chi connectivity index (χ4v) is 1.73. The minimum absolute atomic E-state index is 0.229. The molecule has 0 radical (unpaired) electrons. The SMILES string of the molecule is CC1(C)CCOB(OB2OCCC(C)(C)O2)O1. The zero-order chi connectivity index (χ0) is 12.5. The van der Waals surface area contributed by atoms with Gasteiger partial charge in [-0.1, -0.05) is 0 Å². The van der Waals surface area contributed by atoms with Crippen molar-refractivity contribution in [1.82, 2.24) is 0 Å². The molecular weight excluding hydrogens is 222 g/mol. The molecule has 0 N–H and O–H groups in total. The van der Waals surface area contributed by atoms with Gasteiger partial charge < -0.3 is 23.2 Å². The second-order valence-corrected chi connectivity index (χ2v) is 5.71. The summed E-state index contributed by atoms with van der Waals surface area (Å²) in [5.74, 6) is 0. The van der Waals surface area contributed by atoms with E-state index in [2.05, 4.69) is 0 Å². The molecule has 0 aliphatic carbocycles. The largest absolute Gasteiger partial charge is 0.627 e. The van der Waals surface area contributed by atoms with Crippen LogP contribution in [-0.2, 0) is 23.2 Å². The molecule has 2 aliphatic rings. The van der Waals surface area contributed by atoms with Crippen LogP contribution in [0.5, 0.6) is 0 Å². The summed E-state index contributed by atoms with van der Waals surface area (Å²) in [6.45, 7) is 9.29. The molecule has 2 heterocycles. The van der Waals surface area contributed by atoms with E-state index in [1.54, 1.807) is 0 Å². The van der Waals surface area contributed by atoms with Crippen molar-refractivity contribution in [2.24, 2.45) is 0 Å². The zero-order valence-corrected chi connectivity index (χ0v) is 11.0. The van der Waals surface area contributed by atoms with E-state index in [1.807, 2.05) is 27.7 Å². The first kappa shape index (κ1) is 13.4. The second kappa shape index (κ2) is 4.90. The van der Waals surface area contributed by atoms with Crippen molar-refractivity contribution in [1.29, 1.82) is 0 Å². The lowest BCUT2D eigenvalue weighted by atomic mass is 9.95. The van der Waals surface area contributed by atoms with Crippen molar-refractivity contribution >= 4 is 14.6 Å². The Balaban J connectivity index is 1.84. The number of hydrogen-bond acceptors (Lipinski definition) is 5. The van der Waals surface area contributed by atoms with Crippen molar-refractivity contribution in [2.45, 2.75) is 51.7 Å². The highest BCUT2D eigenvalue weighted by Crippen LogP contribution is 2.25. The minimum atomic E-state index is -0.711. The summed E-state index contributed by atoms with van der Waals surface area (Å²) < 4.78 is 27.6. The molecule has 2 fully saturated rings. The monoisotopic (exact) mass is 242 g/mol. The Bertz CT molecular complexity index is 245. The summed E-state index contributed by atoms with van der Waals surface area (Å²) >= 11 is 0. The quantitative estimate of drug-likeness (QED) is 0.685. The highest BCUT2D eigenvalue weighted by molar-refractivity contribution is 6.52. The van der Waals surface area contributed by atoms with Gasteiger partial charge in [0.2, 0.25) is 0 Å². The van der Waals surface area contributed by atoms with Crippen molar-refractivity contribution in [3.63, 3.8) is 0 Å². The lowest BCUT2D eigenvalue weighted by Gasteiger charge is -2.37. The van der Waals surface area contributed by atoms with Gasteiger partial charge in [0.05, 0.1) is 11.2 Å². The van der Waals surface area contributed by atoms with Crippen LogP contribution in [0, 0.1) is 0 Å². The Morgan fingerprint density at radius 3 is 1.59 bits per heavy atom. The fraction of sp³-hybridized carbons (Fsp3) is 1.00. The predicted molar refractivity (Wildman–Crippen MR) is 64.1 cm³/mol. The summed E-state index contributed by atoms with van der Waals surface area (Å²) in [7, 11) is -1.42. The number of rotatable bonds is 2. The van der Waals surface area contributed by atoms with Gasteiger partial charge in [-0.2, -0.15) is 0 Å². The molecule has 5 nitrogen and oxygen atoms in total. The highest BCUT2D eigenvalue weighted by atomic mass is 16.8. The van der Waals surface area contributed by atoms with Crippen molar-refractivity contribution in [3.8, 4) is 0 Å². The van der Waals surface area contributed by atoms with Crippen LogP contribution >= 0.6 is 0 Å². The Kier molecular flexibility index (Phi) is 3.85. The van der Waals surface area contributed by atoms with Crippen LogP contribution in [0.2, 0.25) is 0 Å². The molecule has 0 atom stereocenters. The molecule has 0 aromatic heterocycles. The molecule has 0 unspecified atom stereocenters. The Labute approximate surface area is 103 Å². The van der Waals surface area contributed by atoms with Crippen LogP contribution in [0.15, 0.2) is 0 Å². The predicted octanol–water partition coefficient (Wildman–Crippen LogP) is 1.40. The smallest absolute Gasteiger partial charge is 0.399 e. The Morgan fingerprint density at radius 1 is 0.824 bits per heavy atom. The van der Waals surface area contributed by atoms with E-state index < -0.39 is 14.6 Å². The van der Waals surface area contributed by atoms with E-state index in [0.29, 0.717) is 13.2 Å². The lowest BCUT2D eigenvalue weighted by molar-refractivity contribution is -0.0583. The van der Waals surface area contributed by atoms with Gasteiger partial charge in [-0.05, 0) is 40.5 Å². The molecule has 0 aromatic carbocycles. The van der Waals surface area contributed by atoms with E-state index in [-0.39, 0.29) is 11.2 Å². The van der Waals surface area contributed by atoms with Crippen LogP contribution < -0.4 is 0 Å². The van der Waals surface area contributed by atoms with E-state index in [9.17, 15) is 0 Å². The standard InChI is InChI=1S/C10H20B2O5/c1-9(2)5-7-13-11(15-9)17-12-14-8-6-10(3,4)16-12/h5-8H2,1-4H3. The molecule has 0 aromatic rings.